The molecule has 0 aromatic rings. The van der Waals surface area contributed by atoms with Crippen LogP contribution < -0.4 is 0 Å². The Morgan fingerprint density at radius 3 is 2.33 bits per heavy atom. The van der Waals surface area contributed by atoms with Gasteiger partial charge in [0.05, 0.1) is 0 Å². The third kappa shape index (κ3) is 4.81. The second-order valence-electron chi connectivity index (χ2n) is 5.22. The highest BCUT2D eigenvalue weighted by Crippen LogP contribution is 2.27. The van der Waals surface area contributed by atoms with Crippen molar-refractivity contribution in [1.29, 1.82) is 0 Å². The Labute approximate surface area is 94.6 Å². The summed E-state index contributed by atoms with van der Waals surface area (Å²) in [5.41, 5.74) is 0. The largest absolute Gasteiger partial charge is 0.299 e. The van der Waals surface area contributed by atoms with Crippen LogP contribution in [0.25, 0.3) is 0 Å². The van der Waals surface area contributed by atoms with Crippen molar-refractivity contribution in [2.75, 3.05) is 0 Å². The highest BCUT2D eigenvalue weighted by molar-refractivity contribution is 5.80. The van der Waals surface area contributed by atoms with E-state index in [0.717, 1.165) is 19.3 Å². The second kappa shape index (κ2) is 7.03. The summed E-state index contributed by atoms with van der Waals surface area (Å²) in [5, 5.41) is 0. The van der Waals surface area contributed by atoms with Gasteiger partial charge in [0, 0.05) is 12.3 Å². The molecule has 15 heavy (non-hydrogen) atoms. The summed E-state index contributed by atoms with van der Waals surface area (Å²) in [6.07, 6.45) is 11.1. The lowest BCUT2D eigenvalue weighted by Crippen LogP contribution is -2.15. The third-order valence-corrected chi connectivity index (χ3v) is 3.74. The molecule has 1 atom stereocenters. The average Bonchev–Trinajstić information content (AvgIpc) is 2.46. The van der Waals surface area contributed by atoms with Crippen LogP contribution in [0.4, 0.5) is 0 Å². The molecule has 0 aromatic carbocycles. The van der Waals surface area contributed by atoms with Crippen LogP contribution in [-0.2, 0) is 4.79 Å². The zero-order valence-corrected chi connectivity index (χ0v) is 10.4. The molecular weight excluding hydrogens is 184 g/mol. The van der Waals surface area contributed by atoms with E-state index < -0.39 is 0 Å². The number of hydrogen-bond donors (Lipinski definition) is 0. The Balaban J connectivity index is 2.28. The maximum absolute atomic E-state index is 11.9. The van der Waals surface area contributed by atoms with E-state index in [4.69, 9.17) is 0 Å². The summed E-state index contributed by atoms with van der Waals surface area (Å²) >= 11 is 0. The fourth-order valence-electron chi connectivity index (χ4n) is 2.65. The lowest BCUT2D eigenvalue weighted by atomic mass is 9.89. The molecule has 0 N–H and O–H groups in total. The predicted molar refractivity (Wildman–Crippen MR) is 64.9 cm³/mol. The van der Waals surface area contributed by atoms with Gasteiger partial charge in [0.15, 0.2) is 0 Å². The molecule has 0 saturated heterocycles. The van der Waals surface area contributed by atoms with Gasteiger partial charge in [-0.3, -0.25) is 4.79 Å². The number of carbonyl (C=O) groups excluding carboxylic acids is 1. The molecule has 1 aliphatic rings. The van der Waals surface area contributed by atoms with E-state index in [1.807, 2.05) is 0 Å². The number of rotatable bonds is 5. The van der Waals surface area contributed by atoms with E-state index >= 15 is 0 Å². The van der Waals surface area contributed by atoms with E-state index in [0.29, 0.717) is 17.6 Å². The highest BCUT2D eigenvalue weighted by atomic mass is 16.1. The minimum atomic E-state index is 0.304. The first-order chi connectivity index (χ1) is 7.24. The minimum Gasteiger partial charge on any atom is -0.299 e. The molecule has 1 fully saturated rings. The quantitative estimate of drug-likeness (QED) is 0.616. The Morgan fingerprint density at radius 1 is 1.20 bits per heavy atom. The van der Waals surface area contributed by atoms with Crippen molar-refractivity contribution in [3.05, 3.63) is 0 Å². The Hall–Kier alpha value is -0.330. The SMILES string of the molecule is CCCC(C)C(=O)CC1CCCCCC1. The molecule has 0 aliphatic heterocycles. The van der Waals surface area contributed by atoms with E-state index in [9.17, 15) is 4.79 Å². The molecular formula is C14H26O. The summed E-state index contributed by atoms with van der Waals surface area (Å²) in [7, 11) is 0. The minimum absolute atomic E-state index is 0.304. The van der Waals surface area contributed by atoms with Crippen molar-refractivity contribution in [3.8, 4) is 0 Å². The summed E-state index contributed by atoms with van der Waals surface area (Å²) in [6.45, 7) is 4.26. The molecule has 0 radical (unpaired) electrons. The first-order valence-electron chi connectivity index (χ1n) is 6.76. The predicted octanol–water partition coefficient (Wildman–Crippen LogP) is 4.35. The molecule has 0 heterocycles. The lowest BCUT2D eigenvalue weighted by Gasteiger charge is -2.15. The van der Waals surface area contributed by atoms with Crippen LogP contribution in [0.3, 0.4) is 0 Å². The summed E-state index contributed by atoms with van der Waals surface area (Å²) < 4.78 is 0. The van der Waals surface area contributed by atoms with Crippen LogP contribution in [0, 0.1) is 11.8 Å². The Kier molecular flexibility index (Phi) is 5.97. The van der Waals surface area contributed by atoms with Crippen LogP contribution in [-0.4, -0.2) is 5.78 Å². The molecule has 1 nitrogen and oxygen atoms in total. The topological polar surface area (TPSA) is 17.1 Å². The maximum Gasteiger partial charge on any atom is 0.135 e. The molecule has 1 unspecified atom stereocenters. The van der Waals surface area contributed by atoms with Crippen molar-refractivity contribution in [1.82, 2.24) is 0 Å². The normalized spacial score (nSPS) is 20.9. The fourth-order valence-corrected chi connectivity index (χ4v) is 2.65. The number of hydrogen-bond acceptors (Lipinski definition) is 1. The van der Waals surface area contributed by atoms with Crippen LogP contribution >= 0.6 is 0 Å². The number of Topliss-reactive ketones (excluding diaryl/α,β-unsaturated/α-hetero) is 1. The fraction of sp³-hybridized carbons (Fsp3) is 0.929. The first kappa shape index (κ1) is 12.7. The van der Waals surface area contributed by atoms with Gasteiger partial charge < -0.3 is 0 Å². The van der Waals surface area contributed by atoms with Gasteiger partial charge in [-0.05, 0) is 12.3 Å². The summed E-state index contributed by atoms with van der Waals surface area (Å²) in [4.78, 5) is 11.9. The third-order valence-electron chi connectivity index (χ3n) is 3.74. The lowest BCUT2D eigenvalue weighted by molar-refractivity contribution is -0.123. The smallest absolute Gasteiger partial charge is 0.135 e. The molecule has 0 bridgehead atoms. The Bertz CT molecular complexity index is 178. The zero-order chi connectivity index (χ0) is 11.1. The molecule has 0 amide bonds. The van der Waals surface area contributed by atoms with Crippen molar-refractivity contribution in [3.63, 3.8) is 0 Å². The highest BCUT2D eigenvalue weighted by Gasteiger charge is 2.19. The van der Waals surface area contributed by atoms with Gasteiger partial charge in [0.2, 0.25) is 0 Å². The molecule has 1 heteroatoms. The molecule has 0 aromatic heterocycles. The summed E-state index contributed by atoms with van der Waals surface area (Å²) in [5.74, 6) is 1.53. The monoisotopic (exact) mass is 210 g/mol. The second-order valence-corrected chi connectivity index (χ2v) is 5.22. The van der Waals surface area contributed by atoms with E-state index in [1.165, 1.54) is 38.5 Å². The van der Waals surface area contributed by atoms with Crippen molar-refractivity contribution in [2.24, 2.45) is 11.8 Å². The maximum atomic E-state index is 11.9. The molecule has 0 spiro atoms. The van der Waals surface area contributed by atoms with Gasteiger partial charge in [-0.15, -0.1) is 0 Å². The molecule has 1 saturated carbocycles. The van der Waals surface area contributed by atoms with Crippen molar-refractivity contribution in [2.45, 2.75) is 71.6 Å². The number of ketones is 1. The average molecular weight is 210 g/mol. The van der Waals surface area contributed by atoms with Crippen LogP contribution in [0.2, 0.25) is 0 Å². The molecule has 1 rings (SSSR count). The zero-order valence-electron chi connectivity index (χ0n) is 10.4. The van der Waals surface area contributed by atoms with Crippen molar-refractivity contribution >= 4 is 5.78 Å². The van der Waals surface area contributed by atoms with E-state index in [1.54, 1.807) is 0 Å². The summed E-state index contributed by atoms with van der Waals surface area (Å²) in [6, 6.07) is 0. The first-order valence-corrected chi connectivity index (χ1v) is 6.76. The molecule has 88 valence electrons. The molecule has 1 aliphatic carbocycles. The Morgan fingerprint density at radius 2 is 1.80 bits per heavy atom. The van der Waals surface area contributed by atoms with Gasteiger partial charge in [-0.25, -0.2) is 0 Å². The standard InChI is InChI=1S/C14H26O/c1-3-8-12(2)14(15)11-13-9-6-4-5-7-10-13/h12-13H,3-11H2,1-2H3. The van der Waals surface area contributed by atoms with Crippen LogP contribution in [0.15, 0.2) is 0 Å². The van der Waals surface area contributed by atoms with E-state index in [-0.39, 0.29) is 0 Å². The van der Waals surface area contributed by atoms with Gasteiger partial charge in [0.25, 0.3) is 0 Å². The van der Waals surface area contributed by atoms with Gasteiger partial charge >= 0.3 is 0 Å². The van der Waals surface area contributed by atoms with Crippen LogP contribution in [0.1, 0.15) is 71.6 Å². The number of carbonyl (C=O) groups is 1. The van der Waals surface area contributed by atoms with Crippen LogP contribution in [0.5, 0.6) is 0 Å². The van der Waals surface area contributed by atoms with Gasteiger partial charge in [-0.2, -0.15) is 0 Å². The van der Waals surface area contributed by atoms with Gasteiger partial charge in [-0.1, -0.05) is 58.8 Å². The van der Waals surface area contributed by atoms with Crippen molar-refractivity contribution < 1.29 is 4.79 Å². The van der Waals surface area contributed by atoms with E-state index in [2.05, 4.69) is 13.8 Å². The van der Waals surface area contributed by atoms with Gasteiger partial charge in [0.1, 0.15) is 5.78 Å².